The summed E-state index contributed by atoms with van der Waals surface area (Å²) >= 11 is 0. The highest BCUT2D eigenvalue weighted by molar-refractivity contribution is 5.81. The van der Waals surface area contributed by atoms with Crippen molar-refractivity contribution in [2.75, 3.05) is 19.6 Å². The number of hydrogen-bond donors (Lipinski definition) is 2. The second-order valence-electron chi connectivity index (χ2n) is 5.15. The van der Waals surface area contributed by atoms with Gasteiger partial charge in [-0.25, -0.2) is 0 Å². The molecule has 1 fully saturated rings. The minimum Gasteiger partial charge on any atom is -0.393 e. The van der Waals surface area contributed by atoms with Gasteiger partial charge in [-0.3, -0.25) is 9.69 Å². The first kappa shape index (κ1) is 14.5. The number of carbonyl (C=O) groups excluding carboxylic acids is 1. The smallest absolute Gasteiger partial charge is 0.237 e. The molecule has 0 saturated carbocycles. The molecule has 1 saturated heterocycles. The first-order valence-electron chi connectivity index (χ1n) is 6.76. The molecular weight excluding hydrogens is 216 g/mol. The Hall–Kier alpha value is -0.610. The minimum atomic E-state index is -0.207. The third kappa shape index (κ3) is 4.28. The lowest BCUT2D eigenvalue weighted by Gasteiger charge is -2.37. The van der Waals surface area contributed by atoms with E-state index in [1.165, 1.54) is 0 Å². The number of likely N-dealkylation sites (tertiary alicyclic amines) is 1. The van der Waals surface area contributed by atoms with Crippen LogP contribution in [0.4, 0.5) is 0 Å². The van der Waals surface area contributed by atoms with Gasteiger partial charge in [0.2, 0.25) is 5.91 Å². The van der Waals surface area contributed by atoms with Gasteiger partial charge < -0.3 is 10.4 Å². The number of amides is 1. The molecule has 100 valence electrons. The highest BCUT2D eigenvalue weighted by atomic mass is 16.3. The molecule has 1 aliphatic heterocycles. The van der Waals surface area contributed by atoms with Crippen LogP contribution in [0.5, 0.6) is 0 Å². The zero-order valence-corrected chi connectivity index (χ0v) is 11.3. The number of aliphatic hydroxyl groups excluding tert-OH is 1. The molecule has 1 amide bonds. The maximum atomic E-state index is 11.9. The van der Waals surface area contributed by atoms with Crippen LogP contribution >= 0.6 is 0 Å². The predicted octanol–water partition coefficient (Wildman–Crippen LogP) is 0.994. The van der Waals surface area contributed by atoms with Gasteiger partial charge in [-0.2, -0.15) is 0 Å². The first-order chi connectivity index (χ1) is 8.06. The summed E-state index contributed by atoms with van der Waals surface area (Å²) in [6.45, 7) is 8.50. The third-order valence-corrected chi connectivity index (χ3v) is 3.65. The summed E-state index contributed by atoms with van der Waals surface area (Å²) in [7, 11) is 0. The van der Waals surface area contributed by atoms with E-state index < -0.39 is 0 Å². The fourth-order valence-electron chi connectivity index (χ4n) is 2.22. The molecule has 1 heterocycles. The topological polar surface area (TPSA) is 52.6 Å². The number of nitrogens with one attached hydrogen (secondary N) is 1. The van der Waals surface area contributed by atoms with Gasteiger partial charge in [0, 0.05) is 19.6 Å². The van der Waals surface area contributed by atoms with Gasteiger partial charge in [-0.1, -0.05) is 20.3 Å². The van der Waals surface area contributed by atoms with E-state index >= 15 is 0 Å². The highest BCUT2D eigenvalue weighted by Crippen LogP contribution is 2.18. The van der Waals surface area contributed by atoms with Crippen molar-refractivity contribution >= 4 is 5.91 Å². The summed E-state index contributed by atoms with van der Waals surface area (Å²) in [6, 6.07) is -0.0817. The van der Waals surface area contributed by atoms with Gasteiger partial charge in [0.15, 0.2) is 0 Å². The van der Waals surface area contributed by atoms with Crippen LogP contribution in [0.15, 0.2) is 0 Å². The van der Waals surface area contributed by atoms with Gasteiger partial charge >= 0.3 is 0 Å². The quantitative estimate of drug-likeness (QED) is 0.707. The summed E-state index contributed by atoms with van der Waals surface area (Å²) in [6.07, 6.45) is 2.70. The zero-order valence-electron chi connectivity index (χ0n) is 11.3. The summed E-state index contributed by atoms with van der Waals surface area (Å²) in [5.74, 6) is 0.372. The van der Waals surface area contributed by atoms with Crippen LogP contribution in [0.3, 0.4) is 0 Å². The Morgan fingerprint density at radius 2 is 2.29 bits per heavy atom. The number of unbranched alkanes of at least 4 members (excludes halogenated alkanes) is 1. The summed E-state index contributed by atoms with van der Waals surface area (Å²) in [5.41, 5.74) is 0. The zero-order chi connectivity index (χ0) is 12.8. The van der Waals surface area contributed by atoms with Gasteiger partial charge in [0.1, 0.15) is 0 Å². The molecule has 0 aromatic rings. The monoisotopic (exact) mass is 242 g/mol. The average Bonchev–Trinajstić information content (AvgIpc) is 2.32. The first-order valence-corrected chi connectivity index (χ1v) is 6.76. The number of hydrogen-bond acceptors (Lipinski definition) is 3. The lowest BCUT2D eigenvalue weighted by molar-refractivity contribution is -0.127. The fourth-order valence-corrected chi connectivity index (χ4v) is 2.22. The van der Waals surface area contributed by atoms with E-state index in [9.17, 15) is 9.90 Å². The van der Waals surface area contributed by atoms with Crippen molar-refractivity contribution in [2.45, 2.75) is 52.2 Å². The van der Waals surface area contributed by atoms with Crippen LogP contribution in [0.1, 0.15) is 40.0 Å². The Balaban J connectivity index is 2.36. The minimum absolute atomic E-state index is 0.0817. The molecule has 3 atom stereocenters. The second-order valence-corrected chi connectivity index (χ2v) is 5.15. The molecule has 2 N–H and O–H groups in total. The number of nitrogens with zero attached hydrogens (tertiary/aromatic N) is 1. The van der Waals surface area contributed by atoms with Crippen LogP contribution in [-0.2, 0) is 4.79 Å². The van der Waals surface area contributed by atoms with Crippen molar-refractivity contribution < 1.29 is 9.90 Å². The summed E-state index contributed by atoms with van der Waals surface area (Å²) < 4.78 is 0. The molecule has 0 aromatic carbocycles. The van der Waals surface area contributed by atoms with E-state index in [4.69, 9.17) is 0 Å². The van der Waals surface area contributed by atoms with E-state index in [0.29, 0.717) is 0 Å². The highest BCUT2D eigenvalue weighted by Gasteiger charge is 2.29. The normalized spacial score (nSPS) is 27.8. The Labute approximate surface area is 104 Å². The molecule has 17 heavy (non-hydrogen) atoms. The maximum absolute atomic E-state index is 11.9. The van der Waals surface area contributed by atoms with E-state index in [0.717, 1.165) is 38.9 Å². The Bertz CT molecular complexity index is 246. The van der Waals surface area contributed by atoms with E-state index in [1.807, 2.05) is 13.8 Å². The van der Waals surface area contributed by atoms with Crippen LogP contribution in [0.2, 0.25) is 0 Å². The number of rotatable bonds is 5. The van der Waals surface area contributed by atoms with Crippen molar-refractivity contribution in [3.05, 3.63) is 0 Å². The van der Waals surface area contributed by atoms with Crippen molar-refractivity contribution in [3.8, 4) is 0 Å². The Morgan fingerprint density at radius 3 is 2.88 bits per heavy atom. The predicted molar refractivity (Wildman–Crippen MR) is 68.7 cm³/mol. The number of aliphatic hydroxyl groups is 1. The standard InChI is InChI=1S/C13H26N2O2/c1-4-5-7-14-13(17)11(3)15-8-6-12(16)10(2)9-15/h10-12,16H,4-9H2,1-3H3,(H,14,17). The van der Waals surface area contributed by atoms with Crippen LogP contribution < -0.4 is 5.32 Å². The fraction of sp³-hybridized carbons (Fsp3) is 0.923. The number of carbonyl (C=O) groups is 1. The van der Waals surface area contributed by atoms with Crippen LogP contribution in [0.25, 0.3) is 0 Å². The summed E-state index contributed by atoms with van der Waals surface area (Å²) in [5, 5.41) is 12.6. The lowest BCUT2D eigenvalue weighted by Crippen LogP contribution is -2.51. The van der Waals surface area contributed by atoms with Crippen molar-refractivity contribution in [1.82, 2.24) is 10.2 Å². The molecule has 0 aliphatic carbocycles. The van der Waals surface area contributed by atoms with Gasteiger partial charge in [-0.05, 0) is 25.7 Å². The average molecular weight is 242 g/mol. The van der Waals surface area contributed by atoms with Crippen molar-refractivity contribution in [3.63, 3.8) is 0 Å². The van der Waals surface area contributed by atoms with Gasteiger partial charge in [0.05, 0.1) is 12.1 Å². The van der Waals surface area contributed by atoms with Gasteiger partial charge in [-0.15, -0.1) is 0 Å². The largest absolute Gasteiger partial charge is 0.393 e. The number of piperidine rings is 1. The molecule has 0 spiro atoms. The second kappa shape index (κ2) is 6.97. The molecule has 4 heteroatoms. The molecule has 0 radical (unpaired) electrons. The maximum Gasteiger partial charge on any atom is 0.237 e. The molecular formula is C13H26N2O2. The van der Waals surface area contributed by atoms with E-state index in [1.54, 1.807) is 0 Å². The molecule has 0 aromatic heterocycles. The van der Waals surface area contributed by atoms with Crippen molar-refractivity contribution in [1.29, 1.82) is 0 Å². The molecule has 0 bridgehead atoms. The van der Waals surface area contributed by atoms with Crippen LogP contribution in [0, 0.1) is 5.92 Å². The summed E-state index contributed by atoms with van der Waals surface area (Å²) in [4.78, 5) is 14.1. The lowest BCUT2D eigenvalue weighted by atomic mass is 9.95. The molecule has 3 unspecified atom stereocenters. The van der Waals surface area contributed by atoms with Crippen LogP contribution in [-0.4, -0.2) is 47.7 Å². The van der Waals surface area contributed by atoms with Gasteiger partial charge in [0.25, 0.3) is 0 Å². The van der Waals surface area contributed by atoms with Crippen molar-refractivity contribution in [2.24, 2.45) is 5.92 Å². The Kier molecular flexibility index (Phi) is 5.92. The molecule has 4 nitrogen and oxygen atoms in total. The molecule has 1 aliphatic rings. The Morgan fingerprint density at radius 1 is 1.59 bits per heavy atom. The third-order valence-electron chi connectivity index (χ3n) is 3.65. The van der Waals surface area contributed by atoms with E-state index in [2.05, 4.69) is 17.1 Å². The SMILES string of the molecule is CCCCNC(=O)C(C)N1CCC(O)C(C)C1. The molecule has 1 rings (SSSR count). The van der Waals surface area contributed by atoms with E-state index in [-0.39, 0.29) is 24.0 Å².